The third-order valence-electron chi connectivity index (χ3n) is 7.73. The van der Waals surface area contributed by atoms with Gasteiger partial charge in [-0.05, 0) is 63.8 Å². The summed E-state index contributed by atoms with van der Waals surface area (Å²) in [7, 11) is 0. The van der Waals surface area contributed by atoms with E-state index in [0.29, 0.717) is 33.8 Å². The molecule has 6 rings (SSSR count). The van der Waals surface area contributed by atoms with Crippen LogP contribution in [-0.2, 0) is 11.3 Å². The van der Waals surface area contributed by atoms with Gasteiger partial charge in [-0.1, -0.05) is 46.6 Å². The molecule has 1 aliphatic carbocycles. The second-order valence-corrected chi connectivity index (χ2v) is 12.3. The molecule has 2 aromatic carbocycles. The van der Waals surface area contributed by atoms with Crippen molar-refractivity contribution in [3.8, 4) is 22.5 Å². The maximum absolute atomic E-state index is 11.2. The third kappa shape index (κ3) is 5.38. The summed E-state index contributed by atoms with van der Waals surface area (Å²) in [5, 5.41) is 17.6. The largest absolute Gasteiger partial charge is 0.478 e. The van der Waals surface area contributed by atoms with Gasteiger partial charge < -0.3 is 19.3 Å². The topological polar surface area (TPSA) is 88.7 Å². The molecule has 3 heterocycles. The molecule has 10 heteroatoms. The van der Waals surface area contributed by atoms with E-state index >= 15 is 0 Å². The summed E-state index contributed by atoms with van der Waals surface area (Å²) in [5.41, 5.74) is 4.32. The van der Waals surface area contributed by atoms with Gasteiger partial charge in [-0.15, -0.1) is 11.3 Å². The monoisotopic (exact) mass is 597 g/mol. The number of benzene rings is 2. The van der Waals surface area contributed by atoms with Crippen LogP contribution in [0.15, 0.2) is 52.4 Å². The first-order chi connectivity index (χ1) is 19.3. The molecule has 0 bridgehead atoms. The van der Waals surface area contributed by atoms with Gasteiger partial charge in [0.25, 0.3) is 0 Å². The zero-order valence-electron chi connectivity index (χ0n) is 22.1. The van der Waals surface area contributed by atoms with Crippen molar-refractivity contribution in [1.82, 2.24) is 10.1 Å². The number of hydrogen-bond acceptors (Lipinski definition) is 7. The van der Waals surface area contributed by atoms with Crippen LogP contribution < -0.4 is 4.90 Å². The number of ether oxygens (including phenoxy) is 1. The number of halogens is 2. The number of aromatic carboxylic acids is 1. The molecule has 3 atom stereocenters. The number of thiazole rings is 1. The van der Waals surface area contributed by atoms with Crippen LogP contribution in [0.4, 0.5) is 5.13 Å². The Kier molecular flexibility index (Phi) is 7.61. The van der Waals surface area contributed by atoms with E-state index in [0.717, 1.165) is 53.4 Å². The van der Waals surface area contributed by atoms with E-state index in [1.54, 1.807) is 35.6 Å². The van der Waals surface area contributed by atoms with Crippen LogP contribution in [0, 0.1) is 0 Å². The number of carboxylic acids is 1. The second-order valence-electron chi connectivity index (χ2n) is 10.7. The van der Waals surface area contributed by atoms with Crippen molar-refractivity contribution in [3.05, 3.63) is 74.8 Å². The summed E-state index contributed by atoms with van der Waals surface area (Å²) < 4.78 is 12.3. The van der Waals surface area contributed by atoms with Crippen molar-refractivity contribution < 1.29 is 19.2 Å². The Labute approximate surface area is 246 Å². The van der Waals surface area contributed by atoms with Gasteiger partial charge in [0.2, 0.25) is 0 Å². The maximum atomic E-state index is 11.2. The highest BCUT2D eigenvalue weighted by Gasteiger charge is 2.36. The van der Waals surface area contributed by atoms with Crippen molar-refractivity contribution in [2.75, 3.05) is 4.90 Å². The average molecular weight is 599 g/mol. The fourth-order valence-electron chi connectivity index (χ4n) is 5.58. The van der Waals surface area contributed by atoms with Gasteiger partial charge in [-0.2, -0.15) is 0 Å². The highest BCUT2D eigenvalue weighted by Crippen LogP contribution is 2.46. The summed E-state index contributed by atoms with van der Waals surface area (Å²) in [5.74, 6) is 0.325. The van der Waals surface area contributed by atoms with Gasteiger partial charge in [-0.3, -0.25) is 0 Å². The first-order valence-corrected chi connectivity index (χ1v) is 15.1. The number of hydrogen-bond donors (Lipinski definition) is 1. The lowest BCUT2D eigenvalue weighted by Gasteiger charge is -2.42. The van der Waals surface area contributed by atoms with E-state index in [9.17, 15) is 9.90 Å². The molecule has 2 aromatic heterocycles. The molecule has 4 aromatic rings. The van der Waals surface area contributed by atoms with E-state index in [4.69, 9.17) is 37.4 Å². The van der Waals surface area contributed by atoms with Crippen molar-refractivity contribution in [2.24, 2.45) is 0 Å². The number of carbonyl (C=O) groups is 1. The molecule has 1 saturated heterocycles. The van der Waals surface area contributed by atoms with Gasteiger partial charge in [-0.25, -0.2) is 9.78 Å². The van der Waals surface area contributed by atoms with Crippen LogP contribution in [-0.4, -0.2) is 39.4 Å². The normalized spacial score (nSPS) is 21.1. The molecule has 40 heavy (non-hydrogen) atoms. The van der Waals surface area contributed by atoms with Gasteiger partial charge in [0.15, 0.2) is 5.13 Å². The predicted octanol–water partition coefficient (Wildman–Crippen LogP) is 8.31. The van der Waals surface area contributed by atoms with E-state index in [-0.39, 0.29) is 23.8 Å². The van der Waals surface area contributed by atoms with E-state index < -0.39 is 5.97 Å². The van der Waals surface area contributed by atoms with Crippen LogP contribution in [0.3, 0.4) is 0 Å². The van der Waals surface area contributed by atoms with Crippen LogP contribution in [0.2, 0.25) is 10.0 Å². The molecule has 1 aliphatic heterocycles. The zero-order chi connectivity index (χ0) is 28.0. The molecule has 0 unspecified atom stereocenters. The number of piperidine rings is 1. The molecule has 7 nitrogen and oxygen atoms in total. The molecule has 0 spiro atoms. The first-order valence-electron chi connectivity index (χ1n) is 13.4. The summed E-state index contributed by atoms with van der Waals surface area (Å²) in [6.07, 6.45) is 3.96. The van der Waals surface area contributed by atoms with Crippen molar-refractivity contribution in [3.63, 3.8) is 0 Å². The van der Waals surface area contributed by atoms with Crippen molar-refractivity contribution in [1.29, 1.82) is 0 Å². The zero-order valence-corrected chi connectivity index (χ0v) is 24.5. The molecule has 1 saturated carbocycles. The van der Waals surface area contributed by atoms with Gasteiger partial charge in [0, 0.05) is 40.1 Å². The number of rotatable bonds is 8. The molecule has 208 valence electrons. The molecule has 0 amide bonds. The Balaban J connectivity index is 1.16. The van der Waals surface area contributed by atoms with Gasteiger partial charge in [0.05, 0.1) is 34.0 Å². The lowest BCUT2D eigenvalue weighted by atomic mass is 9.95. The number of nitrogens with zero attached hydrogens (tertiary/aromatic N) is 3. The Morgan fingerprint density at radius 3 is 2.40 bits per heavy atom. The van der Waals surface area contributed by atoms with Crippen LogP contribution in [0.1, 0.15) is 67.1 Å². The average Bonchev–Trinajstić information content (AvgIpc) is 3.50. The molecule has 2 fully saturated rings. The molecule has 1 N–H and O–H groups in total. The Hall–Kier alpha value is -2.91. The fraction of sp³-hybridized carbons (Fsp3) is 0.367. The number of carboxylic acid groups (broad SMARTS) is 1. The lowest BCUT2D eigenvalue weighted by molar-refractivity contribution is 0.00973. The van der Waals surface area contributed by atoms with Crippen LogP contribution >= 0.6 is 34.5 Å². The summed E-state index contributed by atoms with van der Waals surface area (Å²) >= 11 is 14.7. The Morgan fingerprint density at radius 2 is 1.77 bits per heavy atom. The lowest BCUT2D eigenvalue weighted by Crippen LogP contribution is -2.49. The second kappa shape index (κ2) is 11.2. The minimum Gasteiger partial charge on any atom is -0.478 e. The van der Waals surface area contributed by atoms with E-state index in [1.807, 2.05) is 23.6 Å². The Morgan fingerprint density at radius 1 is 1.10 bits per heavy atom. The fourth-order valence-corrected chi connectivity index (χ4v) is 7.20. The molecule has 2 aliphatic rings. The summed E-state index contributed by atoms with van der Waals surface area (Å²) in [6, 6.07) is 12.7. The quantitative estimate of drug-likeness (QED) is 0.218. The minimum absolute atomic E-state index is 0.0702. The highest BCUT2D eigenvalue weighted by atomic mass is 35.5. The molecular weight excluding hydrogens is 569 g/mol. The Bertz CT molecular complexity index is 1500. The predicted molar refractivity (Wildman–Crippen MR) is 158 cm³/mol. The molecule has 0 radical (unpaired) electrons. The highest BCUT2D eigenvalue weighted by molar-refractivity contribution is 7.14. The van der Waals surface area contributed by atoms with Gasteiger partial charge in [0.1, 0.15) is 11.5 Å². The van der Waals surface area contributed by atoms with Crippen molar-refractivity contribution in [2.45, 2.75) is 70.2 Å². The van der Waals surface area contributed by atoms with Crippen LogP contribution in [0.5, 0.6) is 0 Å². The smallest absolute Gasteiger partial charge is 0.335 e. The third-order valence-corrected chi connectivity index (χ3v) is 9.21. The summed E-state index contributed by atoms with van der Waals surface area (Å²) in [4.78, 5) is 18.4. The van der Waals surface area contributed by atoms with Gasteiger partial charge >= 0.3 is 5.97 Å². The number of aromatic nitrogens is 2. The number of anilines is 1. The standard InChI is InChI=1S/C30H29Cl2N3O4S/c1-16-12-21(13-17(2)35(16)30-33-25(15-40-30)18-6-10-20(11-7-18)29(36)37)38-14-22-27(34-39-28(22)19-8-9-19)26-23(31)4-3-5-24(26)32/h3-7,10-11,15-17,19,21H,8-9,12-14H2,1-2H3,(H,36,37)/t16-,17+,21+. The SMILES string of the molecule is C[C@@H]1C[C@H](OCc2c(-c3c(Cl)cccc3Cl)noc2C2CC2)C[C@H](C)N1c1nc(-c2ccc(C(=O)O)cc2)cs1. The molecular formula is C30H29Cl2N3O4S. The maximum Gasteiger partial charge on any atom is 0.335 e. The first kappa shape index (κ1) is 27.3. The summed E-state index contributed by atoms with van der Waals surface area (Å²) in [6.45, 7) is 4.81. The minimum atomic E-state index is -0.935. The van der Waals surface area contributed by atoms with E-state index in [2.05, 4.69) is 23.9 Å². The van der Waals surface area contributed by atoms with Crippen molar-refractivity contribution >= 4 is 45.6 Å². The van der Waals surface area contributed by atoms with E-state index in [1.165, 1.54) is 0 Å². The van der Waals surface area contributed by atoms with Crippen LogP contribution in [0.25, 0.3) is 22.5 Å².